The summed E-state index contributed by atoms with van der Waals surface area (Å²) in [5.41, 5.74) is 5.52. The van der Waals surface area contributed by atoms with Gasteiger partial charge in [0, 0.05) is 23.3 Å². The van der Waals surface area contributed by atoms with Gasteiger partial charge in [-0.25, -0.2) is 4.39 Å². The Bertz CT molecular complexity index is 1060. The molecule has 4 aliphatic rings. The van der Waals surface area contributed by atoms with Crippen molar-refractivity contribution in [2.45, 2.75) is 78.3 Å². The largest absolute Gasteiger partial charge is 0.362 e. The number of benzene rings is 1. The van der Waals surface area contributed by atoms with Gasteiger partial charge in [-0.3, -0.25) is 4.79 Å². The lowest BCUT2D eigenvalue weighted by atomic mass is 9.59. The molecule has 5 heteroatoms. The van der Waals surface area contributed by atoms with Crippen molar-refractivity contribution in [3.05, 3.63) is 57.7 Å². The molecule has 2 aliphatic carbocycles. The summed E-state index contributed by atoms with van der Waals surface area (Å²) in [7, 11) is 0. The number of nitrogens with zero attached hydrogens (tertiary/aromatic N) is 2. The Morgan fingerprint density at radius 3 is 2.73 bits per heavy atom. The van der Waals surface area contributed by atoms with Crippen LogP contribution in [0, 0.1) is 16.6 Å². The fourth-order valence-corrected chi connectivity index (χ4v) is 6.03. The minimum Gasteiger partial charge on any atom is -0.362 e. The Morgan fingerprint density at radius 2 is 2.00 bits per heavy atom. The number of halogens is 1. The monoisotopic (exact) mass is 407 g/mol. The van der Waals surface area contributed by atoms with Crippen LogP contribution in [0.1, 0.15) is 71.4 Å². The second kappa shape index (κ2) is 6.12. The summed E-state index contributed by atoms with van der Waals surface area (Å²) >= 11 is 0. The number of hydrogen-bond donors (Lipinski definition) is 1. The first kappa shape index (κ1) is 19.7. The summed E-state index contributed by atoms with van der Waals surface area (Å²) in [6, 6.07) is 5.08. The third-order valence-electron chi connectivity index (χ3n) is 6.95. The quantitative estimate of drug-likeness (QED) is 0.645. The van der Waals surface area contributed by atoms with E-state index >= 15 is 0 Å². The van der Waals surface area contributed by atoms with Crippen molar-refractivity contribution in [2.75, 3.05) is 0 Å². The maximum atomic E-state index is 14.1. The van der Waals surface area contributed by atoms with Gasteiger partial charge in [0.25, 0.3) is 0 Å². The van der Waals surface area contributed by atoms with E-state index in [0.29, 0.717) is 6.42 Å². The van der Waals surface area contributed by atoms with Gasteiger partial charge in [-0.2, -0.15) is 10.2 Å². The van der Waals surface area contributed by atoms with E-state index in [1.165, 1.54) is 6.07 Å². The molecule has 1 N–H and O–H groups in total. The number of nitrogens with one attached hydrogen (secondary N) is 1. The van der Waals surface area contributed by atoms with Crippen molar-refractivity contribution >= 4 is 5.78 Å². The molecule has 1 unspecified atom stereocenters. The minimum atomic E-state index is -0.536. The van der Waals surface area contributed by atoms with Crippen molar-refractivity contribution < 1.29 is 9.18 Å². The van der Waals surface area contributed by atoms with Gasteiger partial charge in [0.2, 0.25) is 0 Å². The Balaban J connectivity index is 1.79. The van der Waals surface area contributed by atoms with Crippen LogP contribution in [0.15, 0.2) is 51.0 Å². The number of carbonyl (C=O) groups excluding carboxylic acids is 1. The molecule has 2 atom stereocenters. The first-order valence-electron chi connectivity index (χ1n) is 11.0. The zero-order valence-electron chi connectivity index (χ0n) is 18.5. The number of azo groups is 1. The van der Waals surface area contributed by atoms with Crippen LogP contribution in [0.2, 0.25) is 0 Å². The van der Waals surface area contributed by atoms with E-state index < -0.39 is 5.41 Å². The molecule has 0 radical (unpaired) electrons. The van der Waals surface area contributed by atoms with Crippen molar-refractivity contribution in [1.29, 1.82) is 0 Å². The predicted molar refractivity (Wildman–Crippen MR) is 114 cm³/mol. The molecule has 1 aromatic rings. The molecule has 0 aromatic heterocycles. The fourth-order valence-electron chi connectivity index (χ4n) is 6.03. The van der Waals surface area contributed by atoms with Crippen molar-refractivity contribution in [1.82, 2.24) is 5.32 Å². The maximum absolute atomic E-state index is 14.1. The molecule has 0 amide bonds. The second-order valence-electron chi connectivity index (χ2n) is 11.4. The second-order valence-corrected chi connectivity index (χ2v) is 11.4. The van der Waals surface area contributed by atoms with Crippen LogP contribution in [0.4, 0.5) is 4.39 Å². The molecule has 30 heavy (non-hydrogen) atoms. The van der Waals surface area contributed by atoms with Crippen LogP contribution >= 0.6 is 0 Å². The minimum absolute atomic E-state index is 0.0505. The highest BCUT2D eigenvalue weighted by molar-refractivity contribution is 6.02. The van der Waals surface area contributed by atoms with E-state index in [1.807, 2.05) is 6.07 Å². The summed E-state index contributed by atoms with van der Waals surface area (Å²) in [5.74, 6) is -0.00910. The number of hydrogen-bond acceptors (Lipinski definition) is 4. The van der Waals surface area contributed by atoms with E-state index in [-0.39, 0.29) is 28.6 Å². The highest BCUT2D eigenvalue weighted by atomic mass is 19.1. The van der Waals surface area contributed by atoms with Gasteiger partial charge >= 0.3 is 0 Å². The summed E-state index contributed by atoms with van der Waals surface area (Å²) < 4.78 is 14.1. The summed E-state index contributed by atoms with van der Waals surface area (Å²) in [6.07, 6.45) is 3.46. The summed E-state index contributed by atoms with van der Waals surface area (Å²) in [5, 5.41) is 12.8. The molecule has 5 rings (SSSR count). The third kappa shape index (κ3) is 2.81. The lowest BCUT2D eigenvalue weighted by molar-refractivity contribution is -0.119. The number of ketones is 1. The zero-order chi connectivity index (χ0) is 21.5. The molecule has 0 fully saturated rings. The van der Waals surface area contributed by atoms with Gasteiger partial charge in [-0.1, -0.05) is 40.7 Å². The van der Waals surface area contributed by atoms with Crippen molar-refractivity contribution in [3.8, 4) is 0 Å². The van der Waals surface area contributed by atoms with Gasteiger partial charge in [-0.05, 0) is 59.8 Å². The van der Waals surface area contributed by atoms with Gasteiger partial charge in [0.15, 0.2) is 11.9 Å². The van der Waals surface area contributed by atoms with E-state index in [0.717, 1.165) is 59.4 Å². The molecular formula is C25H30FN3O. The molecule has 158 valence electrons. The molecule has 1 spiro atoms. The SMILES string of the molecule is CC(C)(C)CC1=C2C(N=N1)NC1=C(C(=O)CC(C)(C)C1)[C@@]21CCc2cc(F)ccc21. The van der Waals surface area contributed by atoms with Crippen LogP contribution < -0.4 is 5.32 Å². The number of rotatable bonds is 1. The first-order chi connectivity index (χ1) is 14.0. The molecule has 2 aliphatic heterocycles. The number of allylic oxidation sites excluding steroid dienone is 3. The third-order valence-corrected chi connectivity index (χ3v) is 6.95. The van der Waals surface area contributed by atoms with Crippen molar-refractivity contribution in [2.24, 2.45) is 21.1 Å². The highest BCUT2D eigenvalue weighted by Crippen LogP contribution is 2.59. The van der Waals surface area contributed by atoms with E-state index in [4.69, 9.17) is 0 Å². The van der Waals surface area contributed by atoms with Crippen LogP contribution in [0.5, 0.6) is 0 Å². The van der Waals surface area contributed by atoms with Crippen molar-refractivity contribution in [3.63, 3.8) is 0 Å². The standard InChI is InChI=1S/C25H30FN3O/c1-23(2,3)11-18-21-22(29-28-18)27-17-12-24(4,5)13-19(30)20(17)25(21)9-8-14-10-15(26)6-7-16(14)25/h6-7,10,22,27H,8-9,11-13H2,1-5H3/t22?,25-/m0/s1. The number of aryl methyl sites for hydroxylation is 1. The average molecular weight is 408 g/mol. The van der Waals surface area contributed by atoms with Crippen LogP contribution in [-0.2, 0) is 16.6 Å². The van der Waals surface area contributed by atoms with E-state index in [2.05, 4.69) is 50.2 Å². The maximum Gasteiger partial charge on any atom is 0.165 e. The lowest BCUT2D eigenvalue weighted by Gasteiger charge is -2.47. The topological polar surface area (TPSA) is 53.8 Å². The van der Waals surface area contributed by atoms with E-state index in [1.54, 1.807) is 6.07 Å². The average Bonchev–Trinajstić information content (AvgIpc) is 3.14. The van der Waals surface area contributed by atoms with Gasteiger partial charge < -0.3 is 5.32 Å². The number of carbonyl (C=O) groups is 1. The Morgan fingerprint density at radius 1 is 1.23 bits per heavy atom. The highest BCUT2D eigenvalue weighted by Gasteiger charge is 2.57. The zero-order valence-corrected chi connectivity index (χ0v) is 18.5. The normalized spacial score (nSPS) is 29.3. The Labute approximate surface area is 177 Å². The van der Waals surface area contributed by atoms with E-state index in [9.17, 15) is 9.18 Å². The molecule has 4 nitrogen and oxygen atoms in total. The lowest BCUT2D eigenvalue weighted by Crippen LogP contribution is -2.51. The van der Waals surface area contributed by atoms with Crippen LogP contribution in [-0.4, -0.2) is 11.9 Å². The van der Waals surface area contributed by atoms with Gasteiger partial charge in [-0.15, -0.1) is 0 Å². The first-order valence-corrected chi connectivity index (χ1v) is 11.0. The summed E-state index contributed by atoms with van der Waals surface area (Å²) in [6.45, 7) is 10.9. The molecule has 0 saturated heterocycles. The van der Waals surface area contributed by atoms with Gasteiger partial charge in [0.1, 0.15) is 5.82 Å². The molecule has 1 aromatic carbocycles. The molecular weight excluding hydrogens is 377 g/mol. The smallest absolute Gasteiger partial charge is 0.165 e. The molecule has 0 saturated carbocycles. The number of Topliss-reactive ketones (excluding diaryl/α,β-unsaturated/α-hetero) is 1. The molecule has 0 bridgehead atoms. The van der Waals surface area contributed by atoms with Gasteiger partial charge in [0.05, 0.1) is 11.1 Å². The van der Waals surface area contributed by atoms with Crippen LogP contribution in [0.25, 0.3) is 0 Å². The molecule has 2 heterocycles. The number of fused-ring (bicyclic) bond motifs is 5. The Hall–Kier alpha value is -2.30. The summed E-state index contributed by atoms with van der Waals surface area (Å²) in [4.78, 5) is 13.6. The fraction of sp³-hybridized carbons (Fsp3) is 0.560. The predicted octanol–water partition coefficient (Wildman–Crippen LogP) is 5.74. The Kier molecular flexibility index (Phi) is 4.01. The van der Waals surface area contributed by atoms with Crippen LogP contribution in [0.3, 0.4) is 0 Å².